The van der Waals surface area contributed by atoms with E-state index in [-0.39, 0.29) is 23.8 Å². The molecule has 0 saturated carbocycles. The summed E-state index contributed by atoms with van der Waals surface area (Å²) in [6.07, 6.45) is 4.10. The molecular formula is C28H26FN7O. The van der Waals surface area contributed by atoms with Crippen molar-refractivity contribution in [1.82, 2.24) is 29.5 Å². The van der Waals surface area contributed by atoms with E-state index in [0.29, 0.717) is 18.7 Å². The number of aromatic nitrogens is 5. The number of rotatable bonds is 5. The fraction of sp³-hybridized carbons (Fsp3) is 0.214. The first-order valence-corrected chi connectivity index (χ1v) is 12.2. The molecule has 2 aromatic carbocycles. The maximum Gasteiger partial charge on any atom is 0.272 e. The van der Waals surface area contributed by atoms with Crippen molar-refractivity contribution < 1.29 is 9.18 Å². The Balaban J connectivity index is 1.29. The van der Waals surface area contributed by atoms with Crippen molar-refractivity contribution in [3.8, 4) is 11.4 Å². The van der Waals surface area contributed by atoms with Gasteiger partial charge in [0.25, 0.3) is 5.91 Å². The van der Waals surface area contributed by atoms with Gasteiger partial charge in [0, 0.05) is 43.3 Å². The quantitative estimate of drug-likeness (QED) is 0.393. The van der Waals surface area contributed by atoms with Crippen LogP contribution in [0.5, 0.6) is 0 Å². The average Bonchev–Trinajstić information content (AvgIpc) is 3.62. The summed E-state index contributed by atoms with van der Waals surface area (Å²) in [5.74, 6) is 0.960. The largest absolute Gasteiger partial charge is 0.346 e. The van der Waals surface area contributed by atoms with Crippen molar-refractivity contribution in [1.29, 1.82) is 0 Å². The van der Waals surface area contributed by atoms with Gasteiger partial charge in [-0.1, -0.05) is 42.5 Å². The lowest BCUT2D eigenvalue weighted by Gasteiger charge is -2.25. The van der Waals surface area contributed by atoms with Crippen molar-refractivity contribution >= 4 is 17.4 Å². The van der Waals surface area contributed by atoms with Crippen LogP contribution in [-0.2, 0) is 7.05 Å². The topological polar surface area (TPSA) is 80.3 Å². The third-order valence-corrected chi connectivity index (χ3v) is 7.03. The Kier molecular flexibility index (Phi) is 5.67. The van der Waals surface area contributed by atoms with Gasteiger partial charge in [-0.15, -0.1) is 5.10 Å². The molecule has 1 saturated heterocycles. The van der Waals surface area contributed by atoms with E-state index >= 15 is 0 Å². The van der Waals surface area contributed by atoms with Crippen molar-refractivity contribution in [2.75, 3.05) is 11.4 Å². The Morgan fingerprint density at radius 1 is 1.08 bits per heavy atom. The Morgan fingerprint density at radius 3 is 2.73 bits per heavy atom. The first-order valence-electron chi connectivity index (χ1n) is 12.2. The zero-order valence-electron chi connectivity index (χ0n) is 20.5. The Morgan fingerprint density at radius 2 is 1.92 bits per heavy atom. The number of benzene rings is 2. The molecule has 0 unspecified atom stereocenters. The standard InChI is InChI=1S/C28H26FN7O/c1-18-26(32-27(34(18)2)19-7-4-3-5-8-19)28(37)31-22-16-23(20-9-6-10-21(29)15-20)35(17-22)25-12-11-24-30-13-14-36(24)33-25/h3-15,22-23H,16-17H2,1-2H3,(H,31,37)/t22-,23+/m0/s1. The second-order valence-corrected chi connectivity index (χ2v) is 9.35. The van der Waals surface area contributed by atoms with Crippen LogP contribution in [0, 0.1) is 12.7 Å². The molecule has 9 heteroatoms. The minimum Gasteiger partial charge on any atom is -0.346 e. The van der Waals surface area contributed by atoms with Crippen LogP contribution in [0.4, 0.5) is 10.2 Å². The number of anilines is 1. The van der Waals surface area contributed by atoms with Gasteiger partial charge in [0.2, 0.25) is 0 Å². The smallest absolute Gasteiger partial charge is 0.272 e. The van der Waals surface area contributed by atoms with Gasteiger partial charge < -0.3 is 14.8 Å². The molecule has 0 radical (unpaired) electrons. The Hall–Kier alpha value is -4.53. The molecule has 2 atom stereocenters. The van der Waals surface area contributed by atoms with Gasteiger partial charge in [-0.05, 0) is 43.2 Å². The highest BCUT2D eigenvalue weighted by molar-refractivity contribution is 5.94. The highest BCUT2D eigenvalue weighted by Gasteiger charge is 2.36. The van der Waals surface area contributed by atoms with Crippen molar-refractivity contribution in [2.45, 2.75) is 25.4 Å². The maximum absolute atomic E-state index is 14.1. The van der Waals surface area contributed by atoms with E-state index < -0.39 is 0 Å². The normalized spacial score (nSPS) is 17.4. The van der Waals surface area contributed by atoms with Gasteiger partial charge >= 0.3 is 0 Å². The number of fused-ring (bicyclic) bond motifs is 1. The lowest BCUT2D eigenvalue weighted by atomic mass is 10.0. The Labute approximate surface area is 213 Å². The Bertz CT molecular complexity index is 1590. The molecule has 1 amide bonds. The number of hydrogen-bond acceptors (Lipinski definition) is 5. The summed E-state index contributed by atoms with van der Waals surface area (Å²) < 4.78 is 17.8. The zero-order valence-corrected chi connectivity index (χ0v) is 20.5. The molecule has 8 nitrogen and oxygen atoms in total. The van der Waals surface area contributed by atoms with Gasteiger partial charge in [0.15, 0.2) is 5.65 Å². The highest BCUT2D eigenvalue weighted by atomic mass is 19.1. The van der Waals surface area contributed by atoms with Crippen molar-refractivity contribution in [2.24, 2.45) is 7.05 Å². The van der Waals surface area contributed by atoms with Gasteiger partial charge in [0.05, 0.1) is 6.04 Å². The molecule has 0 aliphatic carbocycles. The van der Waals surface area contributed by atoms with Gasteiger partial charge in [-0.25, -0.2) is 18.9 Å². The summed E-state index contributed by atoms with van der Waals surface area (Å²) in [4.78, 5) is 24.5. The van der Waals surface area contributed by atoms with E-state index in [4.69, 9.17) is 5.10 Å². The molecule has 37 heavy (non-hydrogen) atoms. The predicted octanol–water partition coefficient (Wildman–Crippen LogP) is 4.33. The third-order valence-electron chi connectivity index (χ3n) is 7.03. The van der Waals surface area contributed by atoms with E-state index in [1.54, 1.807) is 29.0 Å². The number of nitrogens with zero attached hydrogens (tertiary/aromatic N) is 6. The average molecular weight is 496 g/mol. The number of carbonyl (C=O) groups excluding carboxylic acids is 1. The summed E-state index contributed by atoms with van der Waals surface area (Å²) in [7, 11) is 1.91. The number of halogens is 1. The molecule has 5 aromatic rings. The highest BCUT2D eigenvalue weighted by Crippen LogP contribution is 2.36. The van der Waals surface area contributed by atoms with Crippen LogP contribution < -0.4 is 10.2 Å². The summed E-state index contributed by atoms with van der Waals surface area (Å²) in [5.41, 5.74) is 3.73. The minimum absolute atomic E-state index is 0.154. The second-order valence-electron chi connectivity index (χ2n) is 9.35. The third kappa shape index (κ3) is 4.22. The number of carbonyl (C=O) groups is 1. The maximum atomic E-state index is 14.1. The summed E-state index contributed by atoms with van der Waals surface area (Å²) in [6.45, 7) is 2.42. The van der Waals surface area contributed by atoms with Crippen LogP contribution in [0.2, 0.25) is 0 Å². The number of imidazole rings is 2. The molecule has 0 bridgehead atoms. The molecule has 4 heterocycles. The molecular weight excluding hydrogens is 469 g/mol. The molecule has 186 valence electrons. The van der Waals surface area contributed by atoms with E-state index in [1.807, 2.05) is 67.1 Å². The monoisotopic (exact) mass is 495 g/mol. The van der Waals surface area contributed by atoms with E-state index in [1.165, 1.54) is 6.07 Å². The fourth-order valence-corrected chi connectivity index (χ4v) is 5.08. The minimum atomic E-state index is -0.291. The lowest BCUT2D eigenvalue weighted by Crippen LogP contribution is -2.37. The van der Waals surface area contributed by atoms with Crippen LogP contribution in [-0.4, -0.2) is 42.6 Å². The molecule has 1 aliphatic rings. The summed E-state index contributed by atoms with van der Waals surface area (Å²) in [6, 6.07) is 19.9. The number of hydrogen-bond donors (Lipinski definition) is 1. The lowest BCUT2D eigenvalue weighted by molar-refractivity contribution is 0.0934. The molecule has 1 aliphatic heterocycles. The van der Waals surface area contributed by atoms with Crippen molar-refractivity contribution in [3.05, 3.63) is 102 Å². The molecule has 6 rings (SSSR count). The SMILES string of the molecule is Cc1c(C(=O)N[C@H]2C[C@H](c3cccc(F)c3)N(c3ccc4nccn4n3)C2)nc(-c2ccccc2)n1C. The number of nitrogens with one attached hydrogen (secondary N) is 1. The summed E-state index contributed by atoms with van der Waals surface area (Å²) in [5, 5.41) is 7.88. The summed E-state index contributed by atoms with van der Waals surface area (Å²) >= 11 is 0. The zero-order chi connectivity index (χ0) is 25.5. The van der Waals surface area contributed by atoms with E-state index in [2.05, 4.69) is 20.2 Å². The van der Waals surface area contributed by atoms with Gasteiger partial charge in [-0.2, -0.15) is 0 Å². The first-order chi connectivity index (χ1) is 18.0. The van der Waals surface area contributed by atoms with Crippen LogP contribution in [0.1, 0.15) is 34.2 Å². The first kappa shape index (κ1) is 22.9. The molecule has 0 spiro atoms. The van der Waals surface area contributed by atoms with E-state index in [0.717, 1.165) is 34.1 Å². The van der Waals surface area contributed by atoms with Crippen LogP contribution in [0.3, 0.4) is 0 Å². The molecule has 1 fully saturated rings. The van der Waals surface area contributed by atoms with Crippen LogP contribution in [0.25, 0.3) is 17.0 Å². The molecule has 3 aromatic heterocycles. The van der Waals surface area contributed by atoms with E-state index in [9.17, 15) is 9.18 Å². The second kappa shape index (κ2) is 9.16. The molecule has 1 N–H and O–H groups in total. The fourth-order valence-electron chi connectivity index (χ4n) is 5.08. The van der Waals surface area contributed by atoms with Crippen LogP contribution in [0.15, 0.2) is 79.1 Å². The predicted molar refractivity (Wildman–Crippen MR) is 139 cm³/mol. The van der Waals surface area contributed by atoms with Gasteiger partial charge in [0.1, 0.15) is 23.2 Å². The number of amides is 1. The van der Waals surface area contributed by atoms with Crippen molar-refractivity contribution in [3.63, 3.8) is 0 Å². The van der Waals surface area contributed by atoms with Crippen LogP contribution >= 0.6 is 0 Å². The van der Waals surface area contributed by atoms with Gasteiger partial charge in [-0.3, -0.25) is 4.79 Å².